The Labute approximate surface area is 107 Å². The molecule has 0 aliphatic carbocycles. The molecule has 17 heavy (non-hydrogen) atoms. The molecule has 2 heterocycles. The molecule has 90 valence electrons. The summed E-state index contributed by atoms with van der Waals surface area (Å²) in [6.07, 6.45) is 1.55. The Balaban J connectivity index is 2.15. The minimum absolute atomic E-state index is 0.133. The molecule has 3 nitrogen and oxygen atoms in total. The van der Waals surface area contributed by atoms with Crippen molar-refractivity contribution in [1.82, 2.24) is 4.98 Å². The lowest BCUT2D eigenvalue weighted by molar-refractivity contribution is 0.465. The Morgan fingerprint density at radius 2 is 2.24 bits per heavy atom. The van der Waals surface area contributed by atoms with Gasteiger partial charge < -0.3 is 9.73 Å². The van der Waals surface area contributed by atoms with E-state index in [0.717, 1.165) is 11.5 Å². The number of anilines is 1. The molecule has 0 saturated heterocycles. The fourth-order valence-electron chi connectivity index (χ4n) is 1.48. The highest BCUT2D eigenvalue weighted by atomic mass is 79.9. The minimum atomic E-state index is -0.394. The zero-order valence-corrected chi connectivity index (χ0v) is 11.1. The lowest BCUT2D eigenvalue weighted by Crippen LogP contribution is -2.08. The zero-order valence-electron chi connectivity index (χ0n) is 9.50. The molecule has 0 aliphatic heterocycles. The summed E-state index contributed by atoms with van der Waals surface area (Å²) in [5.41, 5.74) is 0. The van der Waals surface area contributed by atoms with Crippen molar-refractivity contribution in [3.63, 3.8) is 0 Å². The van der Waals surface area contributed by atoms with E-state index >= 15 is 0 Å². The van der Waals surface area contributed by atoms with E-state index in [2.05, 4.69) is 26.2 Å². The third-order valence-electron chi connectivity index (χ3n) is 2.35. The molecule has 1 atom stereocenters. The van der Waals surface area contributed by atoms with Crippen molar-refractivity contribution in [2.75, 3.05) is 5.32 Å². The second-order valence-electron chi connectivity index (χ2n) is 3.80. The fourth-order valence-corrected chi connectivity index (χ4v) is 1.79. The summed E-state index contributed by atoms with van der Waals surface area (Å²) in [5, 5.41) is 2.97. The van der Waals surface area contributed by atoms with Gasteiger partial charge >= 0.3 is 0 Å². The van der Waals surface area contributed by atoms with Gasteiger partial charge in [0.25, 0.3) is 0 Å². The van der Waals surface area contributed by atoms with Gasteiger partial charge in [0.1, 0.15) is 11.5 Å². The summed E-state index contributed by atoms with van der Waals surface area (Å²) < 4.78 is 19.6. The van der Waals surface area contributed by atoms with E-state index in [1.54, 1.807) is 6.20 Å². The number of halogens is 2. The summed E-state index contributed by atoms with van der Waals surface area (Å²) in [6, 6.07) is 4.98. The normalized spacial score (nSPS) is 12.5. The lowest BCUT2D eigenvalue weighted by atomic mass is 10.2. The maximum atomic E-state index is 13.5. The van der Waals surface area contributed by atoms with Crippen molar-refractivity contribution >= 4 is 21.7 Å². The minimum Gasteiger partial charge on any atom is -0.464 e. The van der Waals surface area contributed by atoms with Crippen LogP contribution in [-0.2, 0) is 0 Å². The molecule has 0 aromatic carbocycles. The lowest BCUT2D eigenvalue weighted by Gasteiger charge is -2.12. The predicted molar refractivity (Wildman–Crippen MR) is 67.4 cm³/mol. The molecular weight excluding hydrogens is 287 g/mol. The van der Waals surface area contributed by atoms with Crippen LogP contribution in [0.1, 0.15) is 24.5 Å². The first-order valence-electron chi connectivity index (χ1n) is 5.20. The standard InChI is InChI=1S/C12H12BrFN2O/c1-7-3-4-11(17-7)8(2)16-12-10(14)5-9(13)6-15-12/h3-6,8H,1-2H3,(H,15,16). The Kier molecular flexibility index (Phi) is 3.47. The van der Waals surface area contributed by atoms with E-state index in [1.165, 1.54) is 6.07 Å². The van der Waals surface area contributed by atoms with E-state index in [4.69, 9.17) is 4.42 Å². The van der Waals surface area contributed by atoms with Crippen LogP contribution < -0.4 is 5.32 Å². The van der Waals surface area contributed by atoms with Gasteiger partial charge in [0.05, 0.1) is 6.04 Å². The first-order chi connectivity index (χ1) is 8.06. The maximum absolute atomic E-state index is 13.5. The van der Waals surface area contributed by atoms with Crippen LogP contribution in [-0.4, -0.2) is 4.98 Å². The molecule has 0 aliphatic rings. The third-order valence-corrected chi connectivity index (χ3v) is 2.78. The van der Waals surface area contributed by atoms with Crippen LogP contribution in [0.4, 0.5) is 10.2 Å². The molecule has 0 spiro atoms. The van der Waals surface area contributed by atoms with Gasteiger partial charge in [0, 0.05) is 10.7 Å². The predicted octanol–water partition coefficient (Wildman–Crippen LogP) is 4.06. The van der Waals surface area contributed by atoms with Gasteiger partial charge in [-0.05, 0) is 48.0 Å². The summed E-state index contributed by atoms with van der Waals surface area (Å²) in [4.78, 5) is 3.98. The molecule has 0 amide bonds. The van der Waals surface area contributed by atoms with Gasteiger partial charge in [-0.15, -0.1) is 0 Å². The highest BCUT2D eigenvalue weighted by Gasteiger charge is 2.12. The second-order valence-corrected chi connectivity index (χ2v) is 4.71. The molecular formula is C12H12BrFN2O. The van der Waals surface area contributed by atoms with Crippen LogP contribution in [0.25, 0.3) is 0 Å². The molecule has 0 fully saturated rings. The van der Waals surface area contributed by atoms with E-state index in [9.17, 15) is 4.39 Å². The number of hydrogen-bond acceptors (Lipinski definition) is 3. The van der Waals surface area contributed by atoms with Crippen LogP contribution >= 0.6 is 15.9 Å². The Morgan fingerprint density at radius 3 is 2.82 bits per heavy atom. The maximum Gasteiger partial charge on any atom is 0.166 e. The van der Waals surface area contributed by atoms with Gasteiger partial charge in [-0.3, -0.25) is 0 Å². The molecule has 0 bridgehead atoms. The number of pyridine rings is 1. The van der Waals surface area contributed by atoms with E-state index in [-0.39, 0.29) is 11.9 Å². The van der Waals surface area contributed by atoms with Crippen LogP contribution in [0.5, 0.6) is 0 Å². The second kappa shape index (κ2) is 4.87. The van der Waals surface area contributed by atoms with Crippen LogP contribution in [0.3, 0.4) is 0 Å². The summed E-state index contributed by atoms with van der Waals surface area (Å²) in [7, 11) is 0. The third kappa shape index (κ3) is 2.85. The molecule has 2 aromatic rings. The van der Waals surface area contributed by atoms with Gasteiger partial charge in [-0.2, -0.15) is 0 Å². The number of nitrogens with zero attached hydrogens (tertiary/aromatic N) is 1. The number of furan rings is 1. The molecule has 0 saturated carbocycles. The van der Waals surface area contributed by atoms with Crippen molar-refractivity contribution < 1.29 is 8.81 Å². The molecule has 1 unspecified atom stereocenters. The molecule has 0 radical (unpaired) electrons. The highest BCUT2D eigenvalue weighted by molar-refractivity contribution is 9.10. The first-order valence-corrected chi connectivity index (χ1v) is 5.99. The largest absolute Gasteiger partial charge is 0.464 e. The SMILES string of the molecule is Cc1ccc(C(C)Nc2ncc(Br)cc2F)o1. The van der Waals surface area contributed by atoms with Crippen molar-refractivity contribution in [1.29, 1.82) is 0 Å². The van der Waals surface area contributed by atoms with Crippen molar-refractivity contribution in [2.24, 2.45) is 0 Å². The average Bonchev–Trinajstić information content (AvgIpc) is 2.69. The number of rotatable bonds is 3. The molecule has 5 heteroatoms. The highest BCUT2D eigenvalue weighted by Crippen LogP contribution is 2.23. The van der Waals surface area contributed by atoms with E-state index in [1.807, 2.05) is 26.0 Å². The number of aryl methyl sites for hydroxylation is 1. The van der Waals surface area contributed by atoms with E-state index < -0.39 is 5.82 Å². The van der Waals surface area contributed by atoms with Crippen LogP contribution in [0, 0.1) is 12.7 Å². The molecule has 1 N–H and O–H groups in total. The fraction of sp³-hybridized carbons (Fsp3) is 0.250. The van der Waals surface area contributed by atoms with Crippen molar-refractivity contribution in [3.8, 4) is 0 Å². The quantitative estimate of drug-likeness (QED) is 0.929. The van der Waals surface area contributed by atoms with Crippen LogP contribution in [0.2, 0.25) is 0 Å². The number of hydrogen-bond donors (Lipinski definition) is 1. The van der Waals surface area contributed by atoms with Gasteiger partial charge in [-0.1, -0.05) is 0 Å². The first kappa shape index (κ1) is 12.1. The molecule has 2 aromatic heterocycles. The van der Waals surface area contributed by atoms with Gasteiger partial charge in [0.2, 0.25) is 0 Å². The summed E-state index contributed by atoms with van der Waals surface area (Å²) in [6.45, 7) is 3.76. The summed E-state index contributed by atoms with van der Waals surface area (Å²) in [5.74, 6) is 1.41. The van der Waals surface area contributed by atoms with E-state index in [0.29, 0.717) is 4.47 Å². The summed E-state index contributed by atoms with van der Waals surface area (Å²) >= 11 is 3.16. The smallest absolute Gasteiger partial charge is 0.166 e. The Morgan fingerprint density at radius 1 is 1.47 bits per heavy atom. The topological polar surface area (TPSA) is 38.1 Å². The Hall–Kier alpha value is -1.36. The Bertz CT molecular complexity index is 527. The number of nitrogens with one attached hydrogen (secondary N) is 1. The number of aromatic nitrogens is 1. The van der Waals surface area contributed by atoms with Crippen LogP contribution in [0.15, 0.2) is 33.3 Å². The van der Waals surface area contributed by atoms with Gasteiger partial charge in [0.15, 0.2) is 11.6 Å². The zero-order chi connectivity index (χ0) is 12.4. The average molecular weight is 299 g/mol. The van der Waals surface area contributed by atoms with Gasteiger partial charge in [-0.25, -0.2) is 9.37 Å². The van der Waals surface area contributed by atoms with Crippen molar-refractivity contribution in [2.45, 2.75) is 19.9 Å². The molecule has 2 rings (SSSR count). The monoisotopic (exact) mass is 298 g/mol. The van der Waals surface area contributed by atoms with Crippen molar-refractivity contribution in [3.05, 3.63) is 46.2 Å².